The molecule has 0 saturated heterocycles. The van der Waals surface area contributed by atoms with Gasteiger partial charge in [-0.15, -0.1) is 0 Å². The predicted octanol–water partition coefficient (Wildman–Crippen LogP) is 4.79. The third-order valence-corrected chi connectivity index (χ3v) is 6.71. The molecule has 1 aliphatic carbocycles. The van der Waals surface area contributed by atoms with E-state index in [1.807, 2.05) is 28.8 Å². The third-order valence-electron chi connectivity index (χ3n) is 5.77. The van der Waals surface area contributed by atoms with Crippen molar-refractivity contribution in [3.63, 3.8) is 0 Å². The van der Waals surface area contributed by atoms with Gasteiger partial charge in [-0.25, -0.2) is 9.37 Å². The van der Waals surface area contributed by atoms with E-state index in [0.29, 0.717) is 22.6 Å². The van der Waals surface area contributed by atoms with Gasteiger partial charge in [0, 0.05) is 19.6 Å². The average molecular weight is 440 g/mol. The Labute approximate surface area is 185 Å². The second-order valence-electron chi connectivity index (χ2n) is 8.05. The van der Waals surface area contributed by atoms with Gasteiger partial charge in [-0.3, -0.25) is 14.2 Å². The van der Waals surface area contributed by atoms with Crippen molar-refractivity contribution in [2.75, 3.05) is 12.8 Å². The van der Waals surface area contributed by atoms with Crippen LogP contribution in [0.1, 0.15) is 43.7 Å². The van der Waals surface area contributed by atoms with Crippen molar-refractivity contribution in [3.05, 3.63) is 70.3 Å². The molecule has 162 valence electrons. The van der Waals surface area contributed by atoms with Gasteiger partial charge in [-0.2, -0.15) is 0 Å². The van der Waals surface area contributed by atoms with Crippen molar-refractivity contribution in [3.8, 4) is 0 Å². The topological polar surface area (TPSA) is 55.2 Å². The van der Waals surface area contributed by atoms with E-state index in [0.717, 1.165) is 31.2 Å². The fourth-order valence-corrected chi connectivity index (χ4v) is 5.13. The summed E-state index contributed by atoms with van der Waals surface area (Å²) < 4.78 is 15.2. The zero-order valence-electron chi connectivity index (χ0n) is 17.6. The lowest BCUT2D eigenvalue weighted by Crippen LogP contribution is -2.30. The maximum absolute atomic E-state index is 13.4. The van der Waals surface area contributed by atoms with Gasteiger partial charge in [-0.05, 0) is 42.7 Å². The lowest BCUT2D eigenvalue weighted by atomic mass is 9.95. The van der Waals surface area contributed by atoms with Gasteiger partial charge in [0.15, 0.2) is 5.16 Å². The highest BCUT2D eigenvalue weighted by molar-refractivity contribution is 7.99. The summed E-state index contributed by atoms with van der Waals surface area (Å²) in [7, 11) is 1.70. The van der Waals surface area contributed by atoms with E-state index in [1.54, 1.807) is 24.1 Å². The van der Waals surface area contributed by atoms with Crippen LogP contribution in [0.15, 0.2) is 58.5 Å². The monoisotopic (exact) mass is 439 g/mol. The SMILES string of the molecule is CN(Cc1cccc(F)c1)C(=O)CSc1nc2ccccc2c(=O)n1C1CCCCC1. The number of carbonyl (C=O) groups excluding carboxylic acids is 1. The van der Waals surface area contributed by atoms with Crippen LogP contribution in [0.25, 0.3) is 10.9 Å². The number of fused-ring (bicyclic) bond motifs is 1. The Balaban J connectivity index is 1.55. The number of nitrogens with zero attached hydrogens (tertiary/aromatic N) is 3. The molecule has 1 saturated carbocycles. The van der Waals surface area contributed by atoms with Gasteiger partial charge < -0.3 is 4.90 Å². The van der Waals surface area contributed by atoms with Gasteiger partial charge in [-0.1, -0.05) is 55.3 Å². The Morgan fingerprint density at radius 2 is 1.94 bits per heavy atom. The number of thioether (sulfide) groups is 1. The van der Waals surface area contributed by atoms with Crippen molar-refractivity contribution >= 4 is 28.6 Å². The standard InChI is InChI=1S/C24H26FN3O2S/c1-27(15-17-8-7-9-18(25)14-17)22(29)16-31-24-26-21-13-6-5-12-20(21)23(30)28(24)19-10-3-2-4-11-19/h5-9,12-14,19H,2-4,10-11,15-16H2,1H3. The number of aromatic nitrogens is 2. The molecular weight excluding hydrogens is 413 g/mol. The number of para-hydroxylation sites is 1. The number of halogens is 1. The van der Waals surface area contributed by atoms with Crippen molar-refractivity contribution in [2.45, 2.75) is 49.8 Å². The summed E-state index contributed by atoms with van der Waals surface area (Å²) in [6.07, 6.45) is 5.31. The Morgan fingerprint density at radius 3 is 2.71 bits per heavy atom. The molecule has 0 N–H and O–H groups in total. The van der Waals surface area contributed by atoms with E-state index >= 15 is 0 Å². The molecule has 7 heteroatoms. The summed E-state index contributed by atoms with van der Waals surface area (Å²) in [4.78, 5) is 32.3. The normalized spacial score (nSPS) is 14.6. The molecular formula is C24H26FN3O2S. The van der Waals surface area contributed by atoms with Gasteiger partial charge in [0.2, 0.25) is 5.91 Å². The van der Waals surface area contributed by atoms with E-state index in [1.165, 1.54) is 30.3 Å². The number of amides is 1. The van der Waals surface area contributed by atoms with Gasteiger partial charge >= 0.3 is 0 Å². The molecule has 0 aliphatic heterocycles. The lowest BCUT2D eigenvalue weighted by molar-refractivity contribution is -0.127. The molecule has 0 bridgehead atoms. The van der Waals surface area contributed by atoms with Crippen LogP contribution >= 0.6 is 11.8 Å². The maximum Gasteiger partial charge on any atom is 0.262 e. The van der Waals surface area contributed by atoms with Crippen molar-refractivity contribution in [2.24, 2.45) is 0 Å². The molecule has 1 fully saturated rings. The fraction of sp³-hybridized carbons (Fsp3) is 0.375. The highest BCUT2D eigenvalue weighted by Crippen LogP contribution is 2.31. The molecule has 4 rings (SSSR count). The molecule has 5 nitrogen and oxygen atoms in total. The lowest BCUT2D eigenvalue weighted by Gasteiger charge is -2.26. The minimum Gasteiger partial charge on any atom is -0.341 e. The number of carbonyl (C=O) groups is 1. The molecule has 1 aromatic heterocycles. The quantitative estimate of drug-likeness (QED) is 0.409. The smallest absolute Gasteiger partial charge is 0.262 e. The second kappa shape index (κ2) is 9.64. The van der Waals surface area contributed by atoms with E-state index < -0.39 is 0 Å². The van der Waals surface area contributed by atoms with Gasteiger partial charge in [0.1, 0.15) is 5.82 Å². The molecule has 1 heterocycles. The summed E-state index contributed by atoms with van der Waals surface area (Å²) in [6.45, 7) is 0.331. The minimum atomic E-state index is -0.315. The molecule has 1 amide bonds. The molecule has 0 spiro atoms. The van der Waals surface area contributed by atoms with Crippen LogP contribution in [0.2, 0.25) is 0 Å². The van der Waals surface area contributed by atoms with E-state index in [2.05, 4.69) is 0 Å². The molecule has 0 radical (unpaired) electrons. The number of benzene rings is 2. The number of hydrogen-bond donors (Lipinski definition) is 0. The van der Waals surface area contributed by atoms with Crippen molar-refractivity contribution in [1.29, 1.82) is 0 Å². The minimum absolute atomic E-state index is 0.0273. The Kier molecular flexibility index (Phi) is 6.70. The summed E-state index contributed by atoms with van der Waals surface area (Å²) >= 11 is 1.31. The largest absolute Gasteiger partial charge is 0.341 e. The Morgan fingerprint density at radius 1 is 1.16 bits per heavy atom. The van der Waals surface area contributed by atoms with Crippen LogP contribution in [0.5, 0.6) is 0 Å². The molecule has 2 aromatic carbocycles. The van der Waals surface area contributed by atoms with Crippen molar-refractivity contribution < 1.29 is 9.18 Å². The van der Waals surface area contributed by atoms with Crippen LogP contribution in [0, 0.1) is 5.82 Å². The Bertz CT molecular complexity index is 1140. The van der Waals surface area contributed by atoms with Gasteiger partial charge in [0.05, 0.1) is 16.7 Å². The fourth-order valence-electron chi connectivity index (χ4n) is 4.12. The summed E-state index contributed by atoms with van der Waals surface area (Å²) in [5.41, 5.74) is 1.37. The first-order valence-corrected chi connectivity index (χ1v) is 11.6. The summed E-state index contributed by atoms with van der Waals surface area (Å²) in [5, 5.41) is 1.22. The second-order valence-corrected chi connectivity index (χ2v) is 8.99. The van der Waals surface area contributed by atoms with Crippen LogP contribution < -0.4 is 5.56 Å². The first kappa shape index (κ1) is 21.6. The number of hydrogen-bond acceptors (Lipinski definition) is 4. The molecule has 0 atom stereocenters. The molecule has 1 aliphatic rings. The maximum atomic E-state index is 13.4. The number of rotatable bonds is 6. The van der Waals surface area contributed by atoms with Crippen molar-refractivity contribution in [1.82, 2.24) is 14.5 Å². The average Bonchev–Trinajstić information content (AvgIpc) is 2.78. The van der Waals surface area contributed by atoms with E-state index in [4.69, 9.17) is 4.98 Å². The van der Waals surface area contributed by atoms with E-state index in [9.17, 15) is 14.0 Å². The zero-order valence-corrected chi connectivity index (χ0v) is 18.4. The van der Waals surface area contributed by atoms with Crippen LogP contribution in [-0.4, -0.2) is 33.2 Å². The first-order chi connectivity index (χ1) is 15.0. The summed E-state index contributed by atoms with van der Waals surface area (Å²) in [6, 6.07) is 13.8. The highest BCUT2D eigenvalue weighted by atomic mass is 32.2. The summed E-state index contributed by atoms with van der Waals surface area (Å²) in [5.74, 6) is -0.236. The molecule has 0 unspecified atom stereocenters. The zero-order chi connectivity index (χ0) is 21.8. The molecule has 31 heavy (non-hydrogen) atoms. The third kappa shape index (κ3) is 4.98. The Hall–Kier alpha value is -2.67. The highest BCUT2D eigenvalue weighted by Gasteiger charge is 2.22. The predicted molar refractivity (Wildman–Crippen MR) is 122 cm³/mol. The molecule has 3 aromatic rings. The van der Waals surface area contributed by atoms with Crippen LogP contribution in [0.4, 0.5) is 4.39 Å². The van der Waals surface area contributed by atoms with Crippen LogP contribution in [-0.2, 0) is 11.3 Å². The van der Waals surface area contributed by atoms with Gasteiger partial charge in [0.25, 0.3) is 5.56 Å². The first-order valence-electron chi connectivity index (χ1n) is 10.7. The van der Waals surface area contributed by atoms with Crippen LogP contribution in [0.3, 0.4) is 0 Å². The van der Waals surface area contributed by atoms with E-state index in [-0.39, 0.29) is 29.1 Å².